The molecule has 0 fully saturated rings. The van der Waals surface area contributed by atoms with Gasteiger partial charge in [-0.1, -0.05) is 0 Å². The number of guanidine groups is 1. The Kier molecular flexibility index (Phi) is 6.81. The van der Waals surface area contributed by atoms with Gasteiger partial charge in [0.25, 0.3) is 0 Å². The highest BCUT2D eigenvalue weighted by atomic mass is 127. The van der Waals surface area contributed by atoms with Crippen LogP contribution in [0.15, 0.2) is 29.5 Å². The summed E-state index contributed by atoms with van der Waals surface area (Å²) in [5, 5.41) is 3.14. The lowest BCUT2D eigenvalue weighted by Crippen LogP contribution is -2.23. The van der Waals surface area contributed by atoms with Crippen molar-refractivity contribution >= 4 is 35.6 Å². The number of anilines is 1. The smallest absolute Gasteiger partial charge is 0.185 e. The maximum Gasteiger partial charge on any atom is 0.185 e. The Bertz CT molecular complexity index is 270. The Morgan fingerprint density at radius 1 is 1.36 bits per heavy atom. The molecule has 0 atom stereocenters. The maximum absolute atomic E-state index is 5.16. The molecule has 14 heavy (non-hydrogen) atoms. The lowest BCUT2D eigenvalue weighted by atomic mass is 10.4. The van der Waals surface area contributed by atoms with Crippen molar-refractivity contribution in [3.63, 3.8) is 0 Å². The maximum atomic E-state index is 5.16. The molecule has 0 amide bonds. The van der Waals surface area contributed by atoms with Crippen LogP contribution in [0.2, 0.25) is 0 Å². The van der Waals surface area contributed by atoms with E-state index < -0.39 is 0 Å². The van der Waals surface area contributed by atoms with Crippen LogP contribution in [-0.4, -0.2) is 24.0 Å². The van der Waals surface area contributed by atoms with Crippen molar-refractivity contribution in [1.29, 1.82) is 0 Å². The van der Waals surface area contributed by atoms with Crippen LogP contribution in [0.4, 0.5) is 5.69 Å². The van der Waals surface area contributed by atoms with Crippen LogP contribution in [-0.2, 0) is 0 Å². The van der Waals surface area contributed by atoms with E-state index in [9.17, 15) is 0 Å². The fourth-order valence-corrected chi connectivity index (χ4v) is 0.855. The molecule has 0 saturated heterocycles. The highest BCUT2D eigenvalue weighted by molar-refractivity contribution is 14.0. The fraction of sp³-hybridized carbons (Fsp3) is 0.250. The summed E-state index contributed by atoms with van der Waals surface area (Å²) >= 11 is 0. The number of aliphatic imine (C=N–C) groups is 1. The molecule has 0 spiro atoms. The molecule has 0 bridgehead atoms. The van der Waals surface area contributed by atoms with Crippen LogP contribution in [0.3, 0.4) is 0 Å². The summed E-state index contributed by atoms with van der Waals surface area (Å²) in [5.74, 6) is 0.122. The Morgan fingerprint density at radius 2 is 2.00 bits per heavy atom. The summed E-state index contributed by atoms with van der Waals surface area (Å²) in [5.41, 5.74) is 11.3. The van der Waals surface area contributed by atoms with Gasteiger partial charge in [0, 0.05) is 24.6 Å². The molecular weight excluding hydrogens is 293 g/mol. The molecule has 0 aliphatic rings. The molecule has 1 aromatic rings. The van der Waals surface area contributed by atoms with Crippen molar-refractivity contribution in [1.82, 2.24) is 4.98 Å². The monoisotopic (exact) mass is 307 g/mol. The van der Waals surface area contributed by atoms with Crippen LogP contribution in [0, 0.1) is 0 Å². The van der Waals surface area contributed by atoms with Crippen LogP contribution in [0.25, 0.3) is 0 Å². The van der Waals surface area contributed by atoms with Gasteiger partial charge in [-0.05, 0) is 12.1 Å². The average Bonchev–Trinajstić information content (AvgIpc) is 2.14. The van der Waals surface area contributed by atoms with Gasteiger partial charge in [0.05, 0.1) is 6.54 Å². The minimum absolute atomic E-state index is 0. The number of rotatable bonds is 4. The first-order valence-corrected chi connectivity index (χ1v) is 3.98. The zero-order chi connectivity index (χ0) is 9.52. The molecule has 1 rings (SSSR count). The van der Waals surface area contributed by atoms with Crippen molar-refractivity contribution in [3.05, 3.63) is 24.5 Å². The van der Waals surface area contributed by atoms with Gasteiger partial charge in [-0.3, -0.25) is 9.98 Å². The number of nitrogens with one attached hydrogen (secondary N) is 1. The first-order chi connectivity index (χ1) is 6.29. The van der Waals surface area contributed by atoms with Crippen LogP contribution >= 0.6 is 24.0 Å². The second-order valence-corrected chi connectivity index (χ2v) is 2.47. The SMILES string of the molecule is I.NC(N)=NCCNc1ccncc1. The van der Waals surface area contributed by atoms with Crippen molar-refractivity contribution in [2.24, 2.45) is 16.5 Å². The predicted octanol–water partition coefficient (Wildman–Crippen LogP) is 0.385. The van der Waals surface area contributed by atoms with E-state index in [1.807, 2.05) is 12.1 Å². The van der Waals surface area contributed by atoms with E-state index in [0.717, 1.165) is 5.69 Å². The molecule has 5 nitrogen and oxygen atoms in total. The van der Waals surface area contributed by atoms with Gasteiger partial charge in [0.2, 0.25) is 0 Å². The zero-order valence-corrected chi connectivity index (χ0v) is 10.0. The molecule has 1 heterocycles. The third-order valence-corrected chi connectivity index (χ3v) is 1.42. The molecule has 0 aromatic carbocycles. The highest BCUT2D eigenvalue weighted by Gasteiger charge is 1.88. The van der Waals surface area contributed by atoms with Crippen molar-refractivity contribution in [2.75, 3.05) is 18.4 Å². The summed E-state index contributed by atoms with van der Waals surface area (Å²) in [6, 6.07) is 3.77. The van der Waals surface area contributed by atoms with Crippen LogP contribution in [0.5, 0.6) is 0 Å². The zero-order valence-electron chi connectivity index (χ0n) is 7.68. The summed E-state index contributed by atoms with van der Waals surface area (Å²) in [7, 11) is 0. The molecule has 0 aliphatic heterocycles. The van der Waals surface area contributed by atoms with E-state index in [4.69, 9.17) is 11.5 Å². The lowest BCUT2D eigenvalue weighted by molar-refractivity contribution is 1.01. The molecule has 6 heteroatoms. The quantitative estimate of drug-likeness (QED) is 0.325. The molecule has 1 aromatic heterocycles. The first kappa shape index (κ1) is 12.9. The van der Waals surface area contributed by atoms with Gasteiger partial charge in [-0.25, -0.2) is 0 Å². The third kappa shape index (κ3) is 5.57. The Morgan fingerprint density at radius 3 is 2.57 bits per heavy atom. The van der Waals surface area contributed by atoms with Gasteiger partial charge < -0.3 is 16.8 Å². The minimum atomic E-state index is 0. The van der Waals surface area contributed by atoms with Gasteiger partial charge in [0.15, 0.2) is 5.96 Å². The average molecular weight is 307 g/mol. The van der Waals surface area contributed by atoms with Gasteiger partial charge in [-0.2, -0.15) is 0 Å². The number of pyridine rings is 1. The second-order valence-electron chi connectivity index (χ2n) is 2.47. The van der Waals surface area contributed by atoms with E-state index in [1.165, 1.54) is 0 Å². The molecule has 78 valence electrons. The summed E-state index contributed by atoms with van der Waals surface area (Å²) < 4.78 is 0. The van der Waals surface area contributed by atoms with E-state index in [1.54, 1.807) is 12.4 Å². The minimum Gasteiger partial charge on any atom is -0.383 e. The first-order valence-electron chi connectivity index (χ1n) is 3.98. The molecule has 0 aliphatic carbocycles. The Balaban J connectivity index is 0.00000169. The predicted molar refractivity (Wildman–Crippen MR) is 68.8 cm³/mol. The Hall–Kier alpha value is -1.05. The van der Waals surface area contributed by atoms with Gasteiger partial charge in [-0.15, -0.1) is 24.0 Å². The second kappa shape index (κ2) is 7.36. The summed E-state index contributed by atoms with van der Waals surface area (Å²) in [4.78, 5) is 7.73. The number of nitrogens with zero attached hydrogens (tertiary/aromatic N) is 2. The number of hydrogen-bond donors (Lipinski definition) is 3. The summed E-state index contributed by atoms with van der Waals surface area (Å²) in [6.07, 6.45) is 3.45. The van der Waals surface area contributed by atoms with Crippen molar-refractivity contribution < 1.29 is 0 Å². The van der Waals surface area contributed by atoms with E-state index in [-0.39, 0.29) is 29.9 Å². The molecular formula is C8H14IN5. The fourth-order valence-electron chi connectivity index (χ4n) is 0.855. The van der Waals surface area contributed by atoms with E-state index >= 15 is 0 Å². The number of aromatic nitrogens is 1. The molecule has 0 saturated carbocycles. The van der Waals surface area contributed by atoms with Gasteiger partial charge >= 0.3 is 0 Å². The topological polar surface area (TPSA) is 89.3 Å². The third-order valence-electron chi connectivity index (χ3n) is 1.42. The van der Waals surface area contributed by atoms with Crippen LogP contribution in [0.1, 0.15) is 0 Å². The standard InChI is InChI=1S/C8H13N5.HI/c9-8(10)13-6-5-12-7-1-3-11-4-2-7;/h1-4H,5-6H2,(H,11,12)(H4,9,10,13);1H. The van der Waals surface area contributed by atoms with Gasteiger partial charge in [0.1, 0.15) is 0 Å². The Labute approximate surface area is 100 Å². The molecule has 5 N–H and O–H groups in total. The lowest BCUT2D eigenvalue weighted by Gasteiger charge is -2.02. The highest BCUT2D eigenvalue weighted by Crippen LogP contribution is 2.01. The van der Waals surface area contributed by atoms with Crippen molar-refractivity contribution in [2.45, 2.75) is 0 Å². The molecule has 0 radical (unpaired) electrons. The normalized spacial score (nSPS) is 8.57. The number of hydrogen-bond acceptors (Lipinski definition) is 3. The van der Waals surface area contributed by atoms with Crippen molar-refractivity contribution in [3.8, 4) is 0 Å². The molecule has 0 unspecified atom stereocenters. The van der Waals surface area contributed by atoms with Crippen LogP contribution < -0.4 is 16.8 Å². The van der Waals surface area contributed by atoms with E-state index in [0.29, 0.717) is 13.1 Å². The van der Waals surface area contributed by atoms with E-state index in [2.05, 4.69) is 15.3 Å². The number of nitrogens with two attached hydrogens (primary N) is 2. The number of halogens is 1. The largest absolute Gasteiger partial charge is 0.383 e. The summed E-state index contributed by atoms with van der Waals surface area (Å²) in [6.45, 7) is 1.28.